The van der Waals surface area contributed by atoms with Gasteiger partial charge in [0.1, 0.15) is 0 Å². The Labute approximate surface area is 180 Å². The molecule has 1 atom stereocenters. The Balaban J connectivity index is 1.69. The number of likely N-dealkylation sites (N-methyl/N-ethyl adjacent to an activating group) is 1. The molecule has 0 saturated carbocycles. The molecule has 0 saturated heterocycles. The molecule has 1 unspecified atom stereocenters. The summed E-state index contributed by atoms with van der Waals surface area (Å²) in [4.78, 5) is 31.6. The summed E-state index contributed by atoms with van der Waals surface area (Å²) >= 11 is 0. The Morgan fingerprint density at radius 2 is 1.81 bits per heavy atom. The van der Waals surface area contributed by atoms with E-state index in [0.29, 0.717) is 22.5 Å². The summed E-state index contributed by atoms with van der Waals surface area (Å²) in [5, 5.41) is 7.37. The van der Waals surface area contributed by atoms with Gasteiger partial charge in [-0.3, -0.25) is 14.5 Å². The summed E-state index contributed by atoms with van der Waals surface area (Å²) in [6.07, 6.45) is 3.21. The predicted molar refractivity (Wildman–Crippen MR) is 120 cm³/mol. The molecule has 2 aromatic carbocycles. The van der Waals surface area contributed by atoms with Crippen LogP contribution in [-0.2, 0) is 4.79 Å². The molecule has 0 bridgehead atoms. The molecule has 4 rings (SSSR count). The number of benzene rings is 2. The van der Waals surface area contributed by atoms with Gasteiger partial charge in [0.05, 0.1) is 23.5 Å². The monoisotopic (exact) mass is 413 g/mol. The van der Waals surface area contributed by atoms with Crippen LogP contribution in [0.3, 0.4) is 0 Å². The highest BCUT2D eigenvalue weighted by Crippen LogP contribution is 2.25. The van der Waals surface area contributed by atoms with E-state index in [9.17, 15) is 9.59 Å². The van der Waals surface area contributed by atoms with Crippen LogP contribution in [0.15, 0.2) is 73.1 Å². The first-order valence-corrected chi connectivity index (χ1v) is 9.96. The number of aromatic nitrogens is 3. The van der Waals surface area contributed by atoms with Gasteiger partial charge in [-0.05, 0) is 39.2 Å². The number of amides is 1. The molecule has 0 aliphatic carbocycles. The summed E-state index contributed by atoms with van der Waals surface area (Å²) in [7, 11) is 3.72. The summed E-state index contributed by atoms with van der Waals surface area (Å²) in [5.41, 5.74) is 3.83. The number of nitrogens with zero attached hydrogens (tertiary/aromatic N) is 4. The van der Waals surface area contributed by atoms with Gasteiger partial charge in [-0.2, -0.15) is 5.10 Å². The summed E-state index contributed by atoms with van der Waals surface area (Å²) in [6.45, 7) is 1.85. The van der Waals surface area contributed by atoms with Crippen molar-refractivity contribution < 1.29 is 9.59 Å². The van der Waals surface area contributed by atoms with Gasteiger partial charge in [0.2, 0.25) is 5.91 Å². The zero-order chi connectivity index (χ0) is 22.0. The van der Waals surface area contributed by atoms with E-state index in [-0.39, 0.29) is 17.7 Å². The lowest BCUT2D eigenvalue weighted by Crippen LogP contribution is -2.37. The molecule has 156 valence electrons. The van der Waals surface area contributed by atoms with E-state index in [1.165, 1.54) is 0 Å². The predicted octanol–water partition coefficient (Wildman–Crippen LogP) is 3.52. The van der Waals surface area contributed by atoms with E-state index < -0.39 is 0 Å². The van der Waals surface area contributed by atoms with E-state index in [4.69, 9.17) is 0 Å². The van der Waals surface area contributed by atoms with Crippen LogP contribution in [0.1, 0.15) is 22.8 Å². The summed E-state index contributed by atoms with van der Waals surface area (Å²) < 4.78 is 1.65. The lowest BCUT2D eigenvalue weighted by molar-refractivity contribution is -0.119. The number of rotatable bonds is 6. The maximum atomic E-state index is 12.9. The summed E-state index contributed by atoms with van der Waals surface area (Å²) in [6, 6.07) is 18.2. The van der Waals surface area contributed by atoms with Gasteiger partial charge < -0.3 is 5.32 Å². The molecule has 4 aromatic rings. The lowest BCUT2D eigenvalue weighted by atomic mass is 10.1. The standard InChI is InChI=1S/C24H23N5O2/c1-16(28(2)3)24(31)27-19-11-7-10-18(14-19)21-12-13-25-23-20(15-26-29(21)23)22(30)17-8-5-4-6-9-17/h4-16H,1-3H3,(H,27,31). The molecule has 2 aromatic heterocycles. The smallest absolute Gasteiger partial charge is 0.241 e. The van der Waals surface area contributed by atoms with Gasteiger partial charge in [0.25, 0.3) is 0 Å². The first-order valence-electron chi connectivity index (χ1n) is 9.96. The molecule has 0 fully saturated rings. The van der Waals surface area contributed by atoms with Crippen LogP contribution in [0.2, 0.25) is 0 Å². The molecule has 2 heterocycles. The van der Waals surface area contributed by atoms with Crippen molar-refractivity contribution in [3.05, 3.63) is 84.2 Å². The van der Waals surface area contributed by atoms with Gasteiger partial charge in [-0.1, -0.05) is 42.5 Å². The fourth-order valence-corrected chi connectivity index (χ4v) is 3.25. The number of carbonyl (C=O) groups excluding carboxylic acids is 2. The van der Waals surface area contributed by atoms with Crippen LogP contribution >= 0.6 is 0 Å². The zero-order valence-corrected chi connectivity index (χ0v) is 17.6. The maximum absolute atomic E-state index is 12.9. The van der Waals surface area contributed by atoms with E-state index in [2.05, 4.69) is 15.4 Å². The molecule has 7 nitrogen and oxygen atoms in total. The van der Waals surface area contributed by atoms with Crippen molar-refractivity contribution in [2.75, 3.05) is 19.4 Å². The van der Waals surface area contributed by atoms with Crippen molar-refractivity contribution in [2.24, 2.45) is 0 Å². The number of carbonyl (C=O) groups is 2. The average Bonchev–Trinajstić information content (AvgIpc) is 3.23. The molecule has 0 aliphatic rings. The molecule has 0 aliphatic heterocycles. The van der Waals surface area contributed by atoms with Crippen LogP contribution in [-0.4, -0.2) is 51.3 Å². The number of hydrogen-bond donors (Lipinski definition) is 1. The van der Waals surface area contributed by atoms with E-state index in [0.717, 1.165) is 11.3 Å². The highest BCUT2D eigenvalue weighted by molar-refractivity contribution is 6.12. The molecule has 1 N–H and O–H groups in total. The molecule has 7 heteroatoms. The van der Waals surface area contributed by atoms with Crippen molar-refractivity contribution in [2.45, 2.75) is 13.0 Å². The molecule has 0 radical (unpaired) electrons. The molecular formula is C24H23N5O2. The van der Waals surface area contributed by atoms with E-state index in [1.807, 2.05) is 74.4 Å². The Morgan fingerprint density at radius 3 is 2.55 bits per heavy atom. The zero-order valence-electron chi connectivity index (χ0n) is 17.6. The minimum absolute atomic E-state index is 0.0862. The van der Waals surface area contributed by atoms with E-state index in [1.54, 1.807) is 29.0 Å². The van der Waals surface area contributed by atoms with Crippen molar-refractivity contribution in [3.8, 4) is 11.3 Å². The Kier molecular flexibility index (Phi) is 5.60. The largest absolute Gasteiger partial charge is 0.325 e. The van der Waals surface area contributed by atoms with Crippen LogP contribution < -0.4 is 5.32 Å². The maximum Gasteiger partial charge on any atom is 0.241 e. The number of ketones is 1. The van der Waals surface area contributed by atoms with Gasteiger partial charge in [0.15, 0.2) is 11.4 Å². The average molecular weight is 413 g/mol. The third kappa shape index (κ3) is 4.08. The van der Waals surface area contributed by atoms with Gasteiger partial charge in [-0.15, -0.1) is 0 Å². The second kappa shape index (κ2) is 8.49. The molecule has 0 spiro atoms. The fourth-order valence-electron chi connectivity index (χ4n) is 3.25. The fraction of sp³-hybridized carbons (Fsp3) is 0.167. The number of hydrogen-bond acceptors (Lipinski definition) is 5. The number of anilines is 1. The van der Waals surface area contributed by atoms with Crippen molar-refractivity contribution in [1.82, 2.24) is 19.5 Å². The topological polar surface area (TPSA) is 79.6 Å². The number of nitrogens with one attached hydrogen (secondary N) is 1. The van der Waals surface area contributed by atoms with Crippen LogP contribution in [0.25, 0.3) is 16.9 Å². The highest BCUT2D eigenvalue weighted by atomic mass is 16.2. The second-order valence-electron chi connectivity index (χ2n) is 7.53. The lowest BCUT2D eigenvalue weighted by Gasteiger charge is -2.19. The highest BCUT2D eigenvalue weighted by Gasteiger charge is 2.18. The Hall–Kier alpha value is -3.84. The Bertz CT molecular complexity index is 1250. The Morgan fingerprint density at radius 1 is 1.03 bits per heavy atom. The SMILES string of the molecule is CC(C(=O)Nc1cccc(-c2ccnc3c(C(=O)c4ccccc4)cnn23)c1)N(C)C. The third-order valence-corrected chi connectivity index (χ3v) is 5.26. The third-order valence-electron chi connectivity index (χ3n) is 5.26. The van der Waals surface area contributed by atoms with Crippen LogP contribution in [0.4, 0.5) is 5.69 Å². The molecule has 1 amide bonds. The summed E-state index contributed by atoms with van der Waals surface area (Å²) in [5.74, 6) is -0.212. The minimum Gasteiger partial charge on any atom is -0.325 e. The minimum atomic E-state index is -0.256. The normalized spacial score (nSPS) is 12.1. The molecule has 31 heavy (non-hydrogen) atoms. The molecular weight excluding hydrogens is 390 g/mol. The first kappa shape index (κ1) is 20.4. The van der Waals surface area contributed by atoms with Crippen molar-refractivity contribution in [1.29, 1.82) is 0 Å². The van der Waals surface area contributed by atoms with Crippen molar-refractivity contribution in [3.63, 3.8) is 0 Å². The first-order chi connectivity index (χ1) is 15.0. The number of fused-ring (bicyclic) bond motifs is 1. The van der Waals surface area contributed by atoms with Crippen molar-refractivity contribution >= 4 is 23.0 Å². The van der Waals surface area contributed by atoms with Crippen LogP contribution in [0.5, 0.6) is 0 Å². The van der Waals surface area contributed by atoms with Gasteiger partial charge in [0, 0.05) is 23.0 Å². The van der Waals surface area contributed by atoms with Gasteiger partial charge >= 0.3 is 0 Å². The van der Waals surface area contributed by atoms with Crippen LogP contribution in [0, 0.1) is 0 Å². The second-order valence-corrected chi connectivity index (χ2v) is 7.53. The van der Waals surface area contributed by atoms with Gasteiger partial charge in [-0.25, -0.2) is 9.50 Å². The quantitative estimate of drug-likeness (QED) is 0.489. The van der Waals surface area contributed by atoms with E-state index >= 15 is 0 Å².